The summed E-state index contributed by atoms with van der Waals surface area (Å²) in [7, 11) is 0. The highest BCUT2D eigenvalue weighted by atomic mass is 32.1. The highest BCUT2D eigenvalue weighted by Gasteiger charge is 2.46. The highest BCUT2D eigenvalue weighted by Crippen LogP contribution is 2.35. The van der Waals surface area contributed by atoms with Crippen LogP contribution >= 0.6 is 11.3 Å². The molecule has 0 aliphatic heterocycles. The average molecular weight is 307 g/mol. The molecule has 1 aromatic rings. The van der Waals surface area contributed by atoms with E-state index in [1.54, 1.807) is 0 Å². The molecule has 4 nitrogen and oxygen atoms in total. The third-order valence-electron chi connectivity index (χ3n) is 4.96. The molecular weight excluding hydrogens is 286 g/mol. The molecule has 0 bridgehead atoms. The first-order chi connectivity index (χ1) is 10.0. The van der Waals surface area contributed by atoms with E-state index in [-0.39, 0.29) is 5.91 Å². The van der Waals surface area contributed by atoms with E-state index in [0.717, 1.165) is 25.2 Å². The molecule has 5 heteroatoms. The summed E-state index contributed by atoms with van der Waals surface area (Å²) in [5, 5.41) is 12.0. The zero-order chi connectivity index (χ0) is 15.0. The second-order valence-electron chi connectivity index (χ2n) is 6.27. The lowest BCUT2D eigenvalue weighted by Gasteiger charge is -2.38. The number of nitrogens with one attached hydrogen (secondary N) is 1. The summed E-state index contributed by atoms with van der Waals surface area (Å²) in [4.78, 5) is 25.7. The molecule has 0 spiro atoms. The Bertz CT molecular complexity index is 574. The number of carboxylic acids is 1. The van der Waals surface area contributed by atoms with Crippen LogP contribution in [-0.4, -0.2) is 22.5 Å². The summed E-state index contributed by atoms with van der Waals surface area (Å²) in [5.74, 6) is -0.404. The van der Waals surface area contributed by atoms with Crippen LogP contribution in [0.4, 0.5) is 0 Å². The van der Waals surface area contributed by atoms with E-state index in [9.17, 15) is 14.7 Å². The standard InChI is InChI=1S/C16H21NO3S/c1-2-10-4-5-12-11(8-10)9-13(21-12)14(18)17-16(15(19)20)6-3-7-16/h9-10H,2-8H2,1H3,(H,17,18)(H,19,20). The van der Waals surface area contributed by atoms with E-state index in [1.165, 1.54) is 34.6 Å². The number of aryl methyl sites for hydroxylation is 1. The predicted octanol–water partition coefficient (Wildman–Crippen LogP) is 3.00. The topological polar surface area (TPSA) is 66.4 Å². The van der Waals surface area contributed by atoms with Gasteiger partial charge in [-0.15, -0.1) is 11.3 Å². The summed E-state index contributed by atoms with van der Waals surface area (Å²) < 4.78 is 0. The van der Waals surface area contributed by atoms with Crippen molar-refractivity contribution in [2.24, 2.45) is 5.92 Å². The van der Waals surface area contributed by atoms with Crippen LogP contribution in [0.1, 0.15) is 59.1 Å². The Balaban J connectivity index is 1.74. The Morgan fingerprint density at radius 1 is 1.48 bits per heavy atom. The van der Waals surface area contributed by atoms with Crippen LogP contribution in [0.3, 0.4) is 0 Å². The van der Waals surface area contributed by atoms with Crippen molar-refractivity contribution < 1.29 is 14.7 Å². The number of fused-ring (bicyclic) bond motifs is 1. The first-order valence-electron chi connectivity index (χ1n) is 7.71. The summed E-state index contributed by atoms with van der Waals surface area (Å²) in [6.45, 7) is 2.21. The zero-order valence-corrected chi connectivity index (χ0v) is 13.1. The molecule has 1 amide bonds. The van der Waals surface area contributed by atoms with Gasteiger partial charge in [-0.2, -0.15) is 0 Å². The van der Waals surface area contributed by atoms with Gasteiger partial charge in [-0.3, -0.25) is 4.79 Å². The summed E-state index contributed by atoms with van der Waals surface area (Å²) >= 11 is 1.54. The number of hydrogen-bond acceptors (Lipinski definition) is 3. The van der Waals surface area contributed by atoms with Gasteiger partial charge in [0.05, 0.1) is 4.88 Å². The molecule has 1 fully saturated rings. The predicted molar refractivity (Wildman–Crippen MR) is 81.8 cm³/mol. The average Bonchev–Trinajstić information content (AvgIpc) is 2.84. The monoisotopic (exact) mass is 307 g/mol. The molecule has 1 aromatic heterocycles. The van der Waals surface area contributed by atoms with Gasteiger partial charge in [-0.25, -0.2) is 4.79 Å². The third-order valence-corrected chi connectivity index (χ3v) is 6.19. The fourth-order valence-electron chi connectivity index (χ4n) is 3.26. The van der Waals surface area contributed by atoms with Crippen molar-refractivity contribution in [1.82, 2.24) is 5.32 Å². The van der Waals surface area contributed by atoms with Crippen molar-refractivity contribution in [3.05, 3.63) is 21.4 Å². The molecule has 21 heavy (non-hydrogen) atoms. The highest BCUT2D eigenvalue weighted by molar-refractivity contribution is 7.14. The van der Waals surface area contributed by atoms with Crippen molar-refractivity contribution in [3.8, 4) is 0 Å². The quantitative estimate of drug-likeness (QED) is 0.898. The minimum absolute atomic E-state index is 0.218. The Hall–Kier alpha value is -1.36. The Morgan fingerprint density at radius 2 is 2.24 bits per heavy atom. The number of aliphatic carboxylic acids is 1. The van der Waals surface area contributed by atoms with Gasteiger partial charge in [0.2, 0.25) is 0 Å². The molecule has 114 valence electrons. The van der Waals surface area contributed by atoms with Crippen molar-refractivity contribution in [3.63, 3.8) is 0 Å². The number of rotatable bonds is 4. The summed E-state index contributed by atoms with van der Waals surface area (Å²) in [5.41, 5.74) is 0.273. The lowest BCUT2D eigenvalue weighted by atomic mass is 9.76. The number of carboxylic acid groups (broad SMARTS) is 1. The summed E-state index contributed by atoms with van der Waals surface area (Å²) in [6.07, 6.45) is 6.43. The van der Waals surface area contributed by atoms with Gasteiger partial charge in [0, 0.05) is 4.88 Å². The number of carbonyl (C=O) groups is 2. The summed E-state index contributed by atoms with van der Waals surface area (Å²) in [6, 6.07) is 1.98. The van der Waals surface area contributed by atoms with Gasteiger partial charge in [0.25, 0.3) is 5.91 Å². The van der Waals surface area contributed by atoms with E-state index in [2.05, 4.69) is 12.2 Å². The molecule has 2 aliphatic rings. The van der Waals surface area contributed by atoms with E-state index in [1.807, 2.05) is 6.07 Å². The smallest absolute Gasteiger partial charge is 0.329 e. The van der Waals surface area contributed by atoms with E-state index in [4.69, 9.17) is 0 Å². The van der Waals surface area contributed by atoms with Crippen LogP contribution in [0.5, 0.6) is 0 Å². The van der Waals surface area contributed by atoms with Crippen LogP contribution < -0.4 is 5.32 Å². The molecule has 0 aromatic carbocycles. The Labute approximate surface area is 128 Å². The molecule has 3 rings (SSSR count). The zero-order valence-electron chi connectivity index (χ0n) is 12.3. The second kappa shape index (κ2) is 5.44. The minimum Gasteiger partial charge on any atom is -0.480 e. The lowest BCUT2D eigenvalue weighted by molar-refractivity contribution is -0.148. The molecule has 1 atom stereocenters. The van der Waals surface area contributed by atoms with Gasteiger partial charge < -0.3 is 10.4 Å². The molecule has 2 aliphatic carbocycles. The first kappa shape index (κ1) is 14.6. The lowest BCUT2D eigenvalue weighted by Crippen LogP contribution is -2.59. The fourth-order valence-corrected chi connectivity index (χ4v) is 4.36. The van der Waals surface area contributed by atoms with Gasteiger partial charge in [0.1, 0.15) is 5.54 Å². The van der Waals surface area contributed by atoms with Crippen LogP contribution in [0.15, 0.2) is 6.07 Å². The Morgan fingerprint density at radius 3 is 2.81 bits per heavy atom. The van der Waals surface area contributed by atoms with Gasteiger partial charge in [-0.05, 0) is 56.1 Å². The first-order valence-corrected chi connectivity index (χ1v) is 8.53. The van der Waals surface area contributed by atoms with Crippen molar-refractivity contribution in [1.29, 1.82) is 0 Å². The molecule has 0 saturated heterocycles. The molecular formula is C16H21NO3S. The van der Waals surface area contributed by atoms with Gasteiger partial charge in [-0.1, -0.05) is 13.3 Å². The van der Waals surface area contributed by atoms with Crippen LogP contribution in [-0.2, 0) is 17.6 Å². The van der Waals surface area contributed by atoms with E-state index < -0.39 is 11.5 Å². The third kappa shape index (κ3) is 2.59. The second-order valence-corrected chi connectivity index (χ2v) is 7.41. The number of thiophene rings is 1. The maximum absolute atomic E-state index is 12.4. The van der Waals surface area contributed by atoms with Crippen molar-refractivity contribution in [2.75, 3.05) is 0 Å². The van der Waals surface area contributed by atoms with E-state index in [0.29, 0.717) is 17.7 Å². The molecule has 1 heterocycles. The van der Waals surface area contributed by atoms with Crippen LogP contribution in [0.25, 0.3) is 0 Å². The number of amides is 1. The van der Waals surface area contributed by atoms with Crippen molar-refractivity contribution >= 4 is 23.2 Å². The molecule has 1 saturated carbocycles. The van der Waals surface area contributed by atoms with Crippen molar-refractivity contribution in [2.45, 2.75) is 57.4 Å². The maximum atomic E-state index is 12.4. The Kier molecular flexibility index (Phi) is 3.78. The maximum Gasteiger partial charge on any atom is 0.329 e. The minimum atomic E-state index is -1.02. The number of carbonyl (C=O) groups excluding carboxylic acids is 1. The van der Waals surface area contributed by atoms with Crippen LogP contribution in [0.2, 0.25) is 0 Å². The molecule has 2 N–H and O–H groups in total. The molecule has 0 radical (unpaired) electrons. The number of hydrogen-bond donors (Lipinski definition) is 2. The largest absolute Gasteiger partial charge is 0.480 e. The van der Waals surface area contributed by atoms with Crippen LogP contribution in [0, 0.1) is 5.92 Å². The van der Waals surface area contributed by atoms with Gasteiger partial charge in [0.15, 0.2) is 0 Å². The van der Waals surface area contributed by atoms with Gasteiger partial charge >= 0.3 is 5.97 Å². The van der Waals surface area contributed by atoms with E-state index >= 15 is 0 Å². The normalized spacial score (nSPS) is 23.0. The SMILES string of the molecule is CCC1CCc2sc(C(=O)NC3(C(=O)O)CCC3)cc2C1. The fraction of sp³-hybridized carbons (Fsp3) is 0.625. The molecule has 1 unspecified atom stereocenters.